The summed E-state index contributed by atoms with van der Waals surface area (Å²) in [5, 5.41) is 10.7. The maximum atomic E-state index is 13.2. The first kappa shape index (κ1) is 29.6. The summed E-state index contributed by atoms with van der Waals surface area (Å²) in [6.45, 7) is -0.0831. The fraction of sp³-hybridized carbons (Fsp3) is 0.179. The number of rotatable bonds is 8. The number of carbonyl (C=O) groups is 3. The number of carbonyl (C=O) groups excluding carboxylic acids is 2. The normalized spacial score (nSPS) is 14.7. The molecule has 0 bridgehead atoms. The summed E-state index contributed by atoms with van der Waals surface area (Å²) in [5.74, 6) is -1.60. The molecular formula is C28H21Cl2I2NO6. The highest BCUT2D eigenvalue weighted by atomic mass is 127. The van der Waals surface area contributed by atoms with Gasteiger partial charge >= 0.3 is 11.9 Å². The number of benzene rings is 3. The van der Waals surface area contributed by atoms with E-state index in [9.17, 15) is 19.5 Å². The lowest BCUT2D eigenvalue weighted by molar-refractivity contribution is -0.149. The molecule has 0 unspecified atom stereocenters. The van der Waals surface area contributed by atoms with Gasteiger partial charge in [-0.2, -0.15) is 0 Å². The van der Waals surface area contributed by atoms with E-state index in [0.29, 0.717) is 24.9 Å². The predicted molar refractivity (Wildman–Crippen MR) is 165 cm³/mol. The lowest BCUT2D eigenvalue weighted by atomic mass is 9.93. The Bertz CT molecular complexity index is 1450. The van der Waals surface area contributed by atoms with Crippen molar-refractivity contribution < 1.29 is 29.0 Å². The van der Waals surface area contributed by atoms with E-state index in [1.807, 2.05) is 36.4 Å². The Kier molecular flexibility index (Phi) is 10.1. The van der Waals surface area contributed by atoms with Crippen LogP contribution in [0.15, 0.2) is 60.7 Å². The smallest absolute Gasteiger partial charge is 0.344 e. The minimum absolute atomic E-state index is 0.0633. The van der Waals surface area contributed by atoms with Crippen LogP contribution in [0.25, 0.3) is 6.08 Å². The van der Waals surface area contributed by atoms with Crippen molar-refractivity contribution in [1.82, 2.24) is 4.90 Å². The molecular weight excluding hydrogens is 771 g/mol. The van der Waals surface area contributed by atoms with Gasteiger partial charge in [0.15, 0.2) is 6.61 Å². The molecule has 1 aliphatic heterocycles. The third-order valence-corrected chi connectivity index (χ3v) is 8.51. The highest BCUT2D eigenvalue weighted by Gasteiger charge is 2.36. The van der Waals surface area contributed by atoms with Crippen LogP contribution in [-0.4, -0.2) is 40.5 Å². The van der Waals surface area contributed by atoms with E-state index in [2.05, 4.69) is 45.2 Å². The molecule has 0 fully saturated rings. The SMILES string of the molecule is O=C(COc1c(I)cc2c(c1I)CN(C(=O)/C=C/c1ccc(Cl)cc1Cl)[C@H](C(=O)O)C2)OCc1ccccc1. The molecule has 202 valence electrons. The second kappa shape index (κ2) is 13.3. The van der Waals surface area contributed by atoms with Crippen LogP contribution in [0.3, 0.4) is 0 Å². The van der Waals surface area contributed by atoms with Crippen molar-refractivity contribution in [2.45, 2.75) is 25.6 Å². The Hall–Kier alpha value is -2.35. The number of carboxylic acid groups (broad SMARTS) is 1. The standard InChI is InChI=1S/C28H21Cl2I2NO6/c29-19-8-6-17(21(30)12-19)7-9-24(34)33-13-20-18(11-23(33)28(36)37)10-22(31)27(26(20)32)39-15-25(35)38-14-16-4-2-1-3-5-16/h1-10,12,23H,11,13-15H2,(H,36,37)/b9-7+/t23-/m0/s1. The topological polar surface area (TPSA) is 93.1 Å². The van der Waals surface area contributed by atoms with Crippen LogP contribution in [0.4, 0.5) is 0 Å². The molecule has 0 saturated heterocycles. The summed E-state index contributed by atoms with van der Waals surface area (Å²) in [4.78, 5) is 38.8. The Balaban J connectivity index is 1.51. The Labute approximate surface area is 262 Å². The van der Waals surface area contributed by atoms with Crippen molar-refractivity contribution in [1.29, 1.82) is 0 Å². The summed E-state index contributed by atoms with van der Waals surface area (Å²) >= 11 is 16.3. The molecule has 3 aromatic rings. The number of carboxylic acids is 1. The van der Waals surface area contributed by atoms with E-state index < -0.39 is 23.9 Å². The first-order valence-electron chi connectivity index (χ1n) is 11.6. The summed E-state index contributed by atoms with van der Waals surface area (Å²) in [6, 6.07) is 15.0. The summed E-state index contributed by atoms with van der Waals surface area (Å²) in [7, 11) is 0. The second-order valence-corrected chi connectivity index (χ2v) is 11.7. The van der Waals surface area contributed by atoms with E-state index in [0.717, 1.165) is 20.3 Å². The predicted octanol–water partition coefficient (Wildman–Crippen LogP) is 6.38. The number of hydrogen-bond acceptors (Lipinski definition) is 5. The van der Waals surface area contributed by atoms with Crippen molar-refractivity contribution in [2.24, 2.45) is 0 Å². The van der Waals surface area contributed by atoms with Gasteiger partial charge < -0.3 is 19.5 Å². The zero-order chi connectivity index (χ0) is 28.1. The molecule has 0 aromatic heterocycles. The molecule has 11 heteroatoms. The molecule has 39 heavy (non-hydrogen) atoms. The van der Waals surface area contributed by atoms with Gasteiger partial charge in [-0.3, -0.25) is 4.79 Å². The minimum atomic E-state index is -1.10. The maximum Gasteiger partial charge on any atom is 0.344 e. The van der Waals surface area contributed by atoms with Gasteiger partial charge in [0, 0.05) is 29.1 Å². The molecule has 0 saturated carbocycles. The van der Waals surface area contributed by atoms with E-state index in [-0.39, 0.29) is 26.2 Å². The summed E-state index contributed by atoms with van der Waals surface area (Å²) in [6.07, 6.45) is 2.97. The fourth-order valence-corrected chi connectivity index (χ4v) is 6.78. The largest absolute Gasteiger partial charge is 0.480 e. The van der Waals surface area contributed by atoms with Crippen LogP contribution in [0.5, 0.6) is 5.75 Å². The van der Waals surface area contributed by atoms with Crippen molar-refractivity contribution in [3.05, 3.63) is 100 Å². The van der Waals surface area contributed by atoms with Gasteiger partial charge in [0.1, 0.15) is 18.4 Å². The van der Waals surface area contributed by atoms with Gasteiger partial charge in [-0.05, 0) is 91.7 Å². The molecule has 1 amide bonds. The molecule has 1 atom stereocenters. The van der Waals surface area contributed by atoms with E-state index >= 15 is 0 Å². The number of nitrogens with zero attached hydrogens (tertiary/aromatic N) is 1. The van der Waals surface area contributed by atoms with Gasteiger partial charge in [0.2, 0.25) is 5.91 Å². The number of ether oxygens (including phenoxy) is 2. The van der Waals surface area contributed by atoms with Crippen LogP contribution in [-0.2, 0) is 38.7 Å². The Morgan fingerprint density at radius 3 is 2.51 bits per heavy atom. The van der Waals surface area contributed by atoms with Gasteiger partial charge in [0.25, 0.3) is 0 Å². The molecule has 0 aliphatic carbocycles. The molecule has 0 spiro atoms. The minimum Gasteiger partial charge on any atom is -0.480 e. The average Bonchev–Trinajstić information content (AvgIpc) is 2.91. The van der Waals surface area contributed by atoms with E-state index in [4.69, 9.17) is 32.7 Å². The van der Waals surface area contributed by atoms with Crippen molar-refractivity contribution >= 4 is 92.3 Å². The molecule has 1 N–H and O–H groups in total. The maximum absolute atomic E-state index is 13.2. The quantitative estimate of drug-likeness (QED) is 0.162. The molecule has 1 aliphatic rings. The van der Waals surface area contributed by atoms with Gasteiger partial charge in [-0.25, -0.2) is 9.59 Å². The van der Waals surface area contributed by atoms with Crippen molar-refractivity contribution in [3.63, 3.8) is 0 Å². The second-order valence-electron chi connectivity index (χ2n) is 8.60. The lowest BCUT2D eigenvalue weighted by Gasteiger charge is -2.35. The molecule has 3 aromatic carbocycles. The number of esters is 1. The molecule has 4 rings (SSSR count). The van der Waals surface area contributed by atoms with Crippen LogP contribution < -0.4 is 4.74 Å². The van der Waals surface area contributed by atoms with Gasteiger partial charge in [-0.15, -0.1) is 0 Å². The van der Waals surface area contributed by atoms with Gasteiger partial charge in [-0.1, -0.05) is 59.6 Å². The molecule has 1 heterocycles. The number of aliphatic carboxylic acids is 1. The van der Waals surface area contributed by atoms with Crippen LogP contribution in [0, 0.1) is 7.14 Å². The third-order valence-electron chi connectivity index (χ3n) is 6.00. The third kappa shape index (κ3) is 7.44. The number of fused-ring (bicyclic) bond motifs is 1. The number of halogens is 4. The van der Waals surface area contributed by atoms with Crippen LogP contribution >= 0.6 is 68.4 Å². The van der Waals surface area contributed by atoms with Crippen molar-refractivity contribution in [3.8, 4) is 5.75 Å². The number of amides is 1. The van der Waals surface area contributed by atoms with Crippen LogP contribution in [0.1, 0.15) is 22.3 Å². The van der Waals surface area contributed by atoms with E-state index in [1.165, 1.54) is 17.1 Å². The number of hydrogen-bond donors (Lipinski definition) is 1. The fourth-order valence-electron chi connectivity index (χ4n) is 4.03. The first-order chi connectivity index (χ1) is 18.6. The molecule has 7 nitrogen and oxygen atoms in total. The highest BCUT2D eigenvalue weighted by Crippen LogP contribution is 2.37. The van der Waals surface area contributed by atoms with E-state index in [1.54, 1.807) is 18.2 Å². The average molecular weight is 792 g/mol. The zero-order valence-corrected chi connectivity index (χ0v) is 26.0. The highest BCUT2D eigenvalue weighted by molar-refractivity contribution is 14.1. The summed E-state index contributed by atoms with van der Waals surface area (Å²) < 4.78 is 12.6. The van der Waals surface area contributed by atoms with Crippen molar-refractivity contribution in [2.75, 3.05) is 6.61 Å². The monoisotopic (exact) mass is 791 g/mol. The first-order valence-corrected chi connectivity index (χ1v) is 14.5. The Morgan fingerprint density at radius 1 is 1.08 bits per heavy atom. The molecule has 0 radical (unpaired) electrons. The lowest BCUT2D eigenvalue weighted by Crippen LogP contribution is -2.48. The zero-order valence-electron chi connectivity index (χ0n) is 20.2. The Morgan fingerprint density at radius 2 is 1.82 bits per heavy atom. The van der Waals surface area contributed by atoms with Crippen LogP contribution in [0.2, 0.25) is 10.0 Å². The van der Waals surface area contributed by atoms with Gasteiger partial charge in [0.05, 0.1) is 7.14 Å². The summed E-state index contributed by atoms with van der Waals surface area (Å²) in [5.41, 5.74) is 3.03.